The maximum absolute atomic E-state index is 5.78. The zero-order valence-electron chi connectivity index (χ0n) is 12.3. The highest BCUT2D eigenvalue weighted by Crippen LogP contribution is 2.10. The molecule has 0 amide bonds. The Kier molecular flexibility index (Phi) is 5.63. The van der Waals surface area contributed by atoms with Crippen LogP contribution in [0.25, 0.3) is 0 Å². The average Bonchev–Trinajstić information content (AvgIpc) is 2.48. The van der Waals surface area contributed by atoms with Crippen LogP contribution in [0.15, 0.2) is 60.7 Å². The summed E-state index contributed by atoms with van der Waals surface area (Å²) in [5, 5.41) is 0. The normalized spacial score (nSPS) is 11.0. The molecular formula is C18H23NO. The first-order valence-corrected chi connectivity index (χ1v) is 7.21. The van der Waals surface area contributed by atoms with E-state index in [1.165, 1.54) is 5.56 Å². The van der Waals surface area contributed by atoms with Crippen molar-refractivity contribution >= 4 is 0 Å². The predicted molar refractivity (Wildman–Crippen MR) is 83.9 cm³/mol. The Morgan fingerprint density at radius 1 is 0.900 bits per heavy atom. The second-order valence-electron chi connectivity index (χ2n) is 5.21. The van der Waals surface area contributed by atoms with Crippen LogP contribution in [-0.2, 0) is 6.54 Å². The molecule has 2 aromatic rings. The fraction of sp³-hybridized carbons (Fsp3) is 0.333. The zero-order chi connectivity index (χ0) is 14.2. The van der Waals surface area contributed by atoms with Crippen molar-refractivity contribution < 1.29 is 4.74 Å². The Morgan fingerprint density at radius 3 is 2.10 bits per heavy atom. The third-order valence-electron chi connectivity index (χ3n) is 3.35. The Hall–Kier alpha value is -1.80. The van der Waals surface area contributed by atoms with E-state index >= 15 is 0 Å². The molecule has 0 aliphatic rings. The smallest absolute Gasteiger partial charge is 0.119 e. The molecule has 0 aliphatic carbocycles. The number of rotatable bonds is 7. The van der Waals surface area contributed by atoms with Crippen LogP contribution in [0.5, 0.6) is 5.75 Å². The Labute approximate surface area is 122 Å². The number of hydrogen-bond acceptors (Lipinski definition) is 2. The number of para-hydroxylation sites is 1. The van der Waals surface area contributed by atoms with Gasteiger partial charge in [-0.2, -0.15) is 0 Å². The van der Waals surface area contributed by atoms with Gasteiger partial charge in [0.15, 0.2) is 0 Å². The minimum atomic E-state index is 0.509. The lowest BCUT2D eigenvalue weighted by Gasteiger charge is -2.26. The van der Waals surface area contributed by atoms with Gasteiger partial charge < -0.3 is 4.74 Å². The van der Waals surface area contributed by atoms with Crippen LogP contribution in [0.1, 0.15) is 19.4 Å². The maximum atomic E-state index is 5.78. The number of hydrogen-bond donors (Lipinski definition) is 0. The van der Waals surface area contributed by atoms with Crippen molar-refractivity contribution in [1.82, 2.24) is 4.90 Å². The summed E-state index contributed by atoms with van der Waals surface area (Å²) in [5.74, 6) is 0.941. The van der Waals surface area contributed by atoms with E-state index in [2.05, 4.69) is 49.1 Å². The third kappa shape index (κ3) is 4.71. The number of nitrogens with zero attached hydrogens (tertiary/aromatic N) is 1. The van der Waals surface area contributed by atoms with Crippen LogP contribution in [0, 0.1) is 0 Å². The third-order valence-corrected chi connectivity index (χ3v) is 3.35. The molecule has 20 heavy (non-hydrogen) atoms. The first-order chi connectivity index (χ1) is 9.75. The lowest BCUT2D eigenvalue weighted by molar-refractivity contribution is 0.169. The second kappa shape index (κ2) is 7.71. The summed E-state index contributed by atoms with van der Waals surface area (Å²) in [5.41, 5.74) is 1.35. The average molecular weight is 269 g/mol. The van der Waals surface area contributed by atoms with Crippen molar-refractivity contribution in [3.63, 3.8) is 0 Å². The Morgan fingerprint density at radius 2 is 1.50 bits per heavy atom. The molecule has 0 aliphatic heterocycles. The van der Waals surface area contributed by atoms with Crippen LogP contribution in [0.3, 0.4) is 0 Å². The van der Waals surface area contributed by atoms with Gasteiger partial charge >= 0.3 is 0 Å². The van der Waals surface area contributed by atoms with E-state index in [0.29, 0.717) is 6.04 Å². The fourth-order valence-electron chi connectivity index (χ4n) is 2.14. The molecule has 0 unspecified atom stereocenters. The molecule has 0 bridgehead atoms. The minimum absolute atomic E-state index is 0.509. The molecule has 0 N–H and O–H groups in total. The monoisotopic (exact) mass is 269 g/mol. The highest BCUT2D eigenvalue weighted by Gasteiger charge is 2.10. The van der Waals surface area contributed by atoms with Gasteiger partial charge in [-0.25, -0.2) is 0 Å². The van der Waals surface area contributed by atoms with E-state index in [4.69, 9.17) is 4.74 Å². The standard InChI is InChI=1S/C18H23NO/c1-16(2)19(15-17-9-5-3-6-10-17)13-14-20-18-11-7-4-8-12-18/h3-12,16H,13-15H2,1-2H3. The van der Waals surface area contributed by atoms with Gasteiger partial charge in [-0.15, -0.1) is 0 Å². The van der Waals surface area contributed by atoms with E-state index < -0.39 is 0 Å². The summed E-state index contributed by atoms with van der Waals surface area (Å²) in [6, 6.07) is 21.1. The van der Waals surface area contributed by atoms with E-state index in [-0.39, 0.29) is 0 Å². The van der Waals surface area contributed by atoms with Crippen LogP contribution in [0.2, 0.25) is 0 Å². The molecule has 0 fully saturated rings. The Balaban J connectivity index is 1.84. The van der Waals surface area contributed by atoms with Crippen molar-refractivity contribution in [1.29, 1.82) is 0 Å². The van der Waals surface area contributed by atoms with Crippen molar-refractivity contribution in [3.05, 3.63) is 66.2 Å². The van der Waals surface area contributed by atoms with Gasteiger partial charge in [0.25, 0.3) is 0 Å². The van der Waals surface area contributed by atoms with Crippen LogP contribution >= 0.6 is 0 Å². The van der Waals surface area contributed by atoms with Crippen LogP contribution in [0.4, 0.5) is 0 Å². The van der Waals surface area contributed by atoms with Gasteiger partial charge in [-0.3, -0.25) is 4.90 Å². The SMILES string of the molecule is CC(C)N(CCOc1ccccc1)Cc1ccccc1. The summed E-state index contributed by atoms with van der Waals surface area (Å²) in [6.45, 7) is 7.07. The van der Waals surface area contributed by atoms with E-state index in [1.54, 1.807) is 0 Å². The van der Waals surface area contributed by atoms with Crippen LogP contribution in [-0.4, -0.2) is 24.1 Å². The summed E-state index contributed by atoms with van der Waals surface area (Å²) in [6.07, 6.45) is 0. The maximum Gasteiger partial charge on any atom is 0.119 e. The second-order valence-corrected chi connectivity index (χ2v) is 5.21. The molecule has 0 aromatic heterocycles. The lowest BCUT2D eigenvalue weighted by Crippen LogP contribution is -2.34. The molecule has 2 nitrogen and oxygen atoms in total. The van der Waals surface area contributed by atoms with Gasteiger partial charge in [0.05, 0.1) is 0 Å². The predicted octanol–water partition coefficient (Wildman–Crippen LogP) is 3.98. The fourth-order valence-corrected chi connectivity index (χ4v) is 2.14. The topological polar surface area (TPSA) is 12.5 Å². The van der Waals surface area contributed by atoms with Crippen molar-refractivity contribution in [2.75, 3.05) is 13.2 Å². The molecule has 0 radical (unpaired) electrons. The molecule has 0 heterocycles. The highest BCUT2D eigenvalue weighted by atomic mass is 16.5. The quantitative estimate of drug-likeness (QED) is 0.754. The minimum Gasteiger partial charge on any atom is -0.492 e. The van der Waals surface area contributed by atoms with Gasteiger partial charge in [-0.1, -0.05) is 48.5 Å². The van der Waals surface area contributed by atoms with E-state index in [9.17, 15) is 0 Å². The van der Waals surface area contributed by atoms with Gasteiger partial charge in [0, 0.05) is 19.1 Å². The highest BCUT2D eigenvalue weighted by molar-refractivity contribution is 5.20. The number of ether oxygens (including phenoxy) is 1. The molecule has 0 atom stereocenters. The molecule has 2 heteroatoms. The summed E-state index contributed by atoms with van der Waals surface area (Å²) in [4.78, 5) is 2.43. The van der Waals surface area contributed by atoms with Crippen molar-refractivity contribution in [3.8, 4) is 5.75 Å². The largest absolute Gasteiger partial charge is 0.492 e. The Bertz CT molecular complexity index is 481. The van der Waals surface area contributed by atoms with Crippen molar-refractivity contribution in [2.24, 2.45) is 0 Å². The summed E-state index contributed by atoms with van der Waals surface area (Å²) < 4.78 is 5.78. The molecule has 0 spiro atoms. The van der Waals surface area contributed by atoms with Crippen LogP contribution < -0.4 is 4.74 Å². The van der Waals surface area contributed by atoms with Gasteiger partial charge in [-0.05, 0) is 31.5 Å². The van der Waals surface area contributed by atoms with Gasteiger partial charge in [0.2, 0.25) is 0 Å². The molecule has 0 saturated heterocycles. The molecule has 2 rings (SSSR count). The van der Waals surface area contributed by atoms with E-state index in [0.717, 1.165) is 25.4 Å². The zero-order valence-corrected chi connectivity index (χ0v) is 12.3. The molecule has 2 aromatic carbocycles. The summed E-state index contributed by atoms with van der Waals surface area (Å²) >= 11 is 0. The first kappa shape index (κ1) is 14.6. The molecular weight excluding hydrogens is 246 g/mol. The molecule has 106 valence electrons. The lowest BCUT2D eigenvalue weighted by atomic mass is 10.2. The molecule has 0 saturated carbocycles. The van der Waals surface area contributed by atoms with E-state index in [1.807, 2.05) is 30.3 Å². The summed E-state index contributed by atoms with van der Waals surface area (Å²) in [7, 11) is 0. The first-order valence-electron chi connectivity index (χ1n) is 7.21. The van der Waals surface area contributed by atoms with Gasteiger partial charge in [0.1, 0.15) is 12.4 Å². The van der Waals surface area contributed by atoms with Crippen molar-refractivity contribution in [2.45, 2.75) is 26.4 Å². The number of benzene rings is 2.